The quantitative estimate of drug-likeness (QED) is 0.804. The summed E-state index contributed by atoms with van der Waals surface area (Å²) in [6.07, 6.45) is 1.81. The monoisotopic (exact) mass is 295 g/mol. The van der Waals surface area contributed by atoms with Gasteiger partial charge in [-0.05, 0) is 61.4 Å². The van der Waals surface area contributed by atoms with Gasteiger partial charge < -0.3 is 10.5 Å². The summed E-state index contributed by atoms with van der Waals surface area (Å²) in [4.78, 5) is 15.2. The Bertz CT molecular complexity index is 835. The van der Waals surface area contributed by atoms with E-state index >= 15 is 0 Å². The lowest BCUT2D eigenvalue weighted by molar-refractivity contribution is -0.119. The maximum absolute atomic E-state index is 10.7. The van der Waals surface area contributed by atoms with Gasteiger partial charge in [-0.1, -0.05) is 0 Å². The van der Waals surface area contributed by atoms with Crippen LogP contribution in [-0.4, -0.2) is 22.1 Å². The Morgan fingerprint density at radius 2 is 1.86 bits per heavy atom. The fraction of sp³-hybridized carbons (Fsp3) is 0.176. The van der Waals surface area contributed by atoms with E-state index in [9.17, 15) is 4.79 Å². The second-order valence-electron chi connectivity index (χ2n) is 5.29. The molecule has 112 valence electrons. The van der Waals surface area contributed by atoms with Gasteiger partial charge >= 0.3 is 0 Å². The Morgan fingerprint density at radius 3 is 2.55 bits per heavy atom. The van der Waals surface area contributed by atoms with Gasteiger partial charge in [-0.3, -0.25) is 9.36 Å². The van der Waals surface area contributed by atoms with Gasteiger partial charge in [0, 0.05) is 5.69 Å². The number of primary amides is 1. The van der Waals surface area contributed by atoms with Gasteiger partial charge in [0.25, 0.3) is 5.91 Å². The number of aromatic nitrogens is 2. The number of benzene rings is 2. The molecule has 2 N–H and O–H groups in total. The largest absolute Gasteiger partial charge is 0.484 e. The number of ether oxygens (including phenoxy) is 1. The van der Waals surface area contributed by atoms with Crippen LogP contribution < -0.4 is 10.5 Å². The number of imidazole rings is 1. The van der Waals surface area contributed by atoms with Crippen molar-refractivity contribution in [3.8, 4) is 11.4 Å². The third-order valence-corrected chi connectivity index (χ3v) is 3.66. The molecular weight excluding hydrogens is 278 g/mol. The minimum atomic E-state index is -0.490. The number of nitrogens with two attached hydrogens (primary N) is 1. The van der Waals surface area contributed by atoms with E-state index in [1.54, 1.807) is 0 Å². The number of carbonyl (C=O) groups is 1. The molecule has 0 aliphatic heterocycles. The molecule has 0 unspecified atom stereocenters. The summed E-state index contributed by atoms with van der Waals surface area (Å²) in [5, 5.41) is 0. The average Bonchev–Trinajstić information content (AvgIpc) is 2.89. The lowest BCUT2D eigenvalue weighted by atomic mass is 10.1. The summed E-state index contributed by atoms with van der Waals surface area (Å²) in [5.74, 6) is 0.120. The zero-order chi connectivity index (χ0) is 15.7. The molecule has 0 saturated heterocycles. The second-order valence-corrected chi connectivity index (χ2v) is 5.29. The Balaban J connectivity index is 1.94. The molecule has 0 spiro atoms. The summed E-state index contributed by atoms with van der Waals surface area (Å²) in [7, 11) is 0. The number of hydrogen-bond acceptors (Lipinski definition) is 3. The zero-order valence-electron chi connectivity index (χ0n) is 12.5. The Morgan fingerprint density at radius 1 is 1.18 bits per heavy atom. The average molecular weight is 295 g/mol. The Labute approximate surface area is 128 Å². The van der Waals surface area contributed by atoms with Gasteiger partial charge in [0.1, 0.15) is 12.1 Å². The van der Waals surface area contributed by atoms with Gasteiger partial charge in [-0.2, -0.15) is 0 Å². The minimum absolute atomic E-state index is 0.119. The maximum Gasteiger partial charge on any atom is 0.255 e. The number of carbonyl (C=O) groups excluding carboxylic acids is 1. The molecule has 3 aromatic rings. The molecule has 5 nitrogen and oxygen atoms in total. The van der Waals surface area contributed by atoms with E-state index in [1.165, 1.54) is 11.1 Å². The van der Waals surface area contributed by atoms with E-state index in [2.05, 4.69) is 31.0 Å². The first-order chi connectivity index (χ1) is 10.5. The van der Waals surface area contributed by atoms with Crippen molar-refractivity contribution in [2.24, 2.45) is 5.73 Å². The lowest BCUT2D eigenvalue weighted by Gasteiger charge is -2.08. The van der Waals surface area contributed by atoms with Crippen LogP contribution in [-0.2, 0) is 4.79 Å². The molecule has 3 rings (SSSR count). The summed E-state index contributed by atoms with van der Waals surface area (Å²) in [5.41, 5.74) is 10.5. The Hall–Kier alpha value is -2.82. The first kappa shape index (κ1) is 14.1. The maximum atomic E-state index is 10.7. The summed E-state index contributed by atoms with van der Waals surface area (Å²) >= 11 is 0. The smallest absolute Gasteiger partial charge is 0.255 e. The predicted octanol–water partition coefficient (Wildman–Crippen LogP) is 2.51. The van der Waals surface area contributed by atoms with Crippen molar-refractivity contribution in [3.63, 3.8) is 0 Å². The van der Waals surface area contributed by atoms with Crippen molar-refractivity contribution in [3.05, 3.63) is 53.9 Å². The van der Waals surface area contributed by atoms with Crippen molar-refractivity contribution in [1.29, 1.82) is 0 Å². The molecule has 0 aliphatic rings. The summed E-state index contributed by atoms with van der Waals surface area (Å²) in [6.45, 7) is 4.05. The molecule has 0 aliphatic carbocycles. The molecule has 0 atom stereocenters. The van der Waals surface area contributed by atoms with Crippen LogP contribution in [0.25, 0.3) is 16.7 Å². The van der Waals surface area contributed by atoms with E-state index < -0.39 is 5.91 Å². The molecular formula is C17H17N3O2. The topological polar surface area (TPSA) is 70.1 Å². The number of hydrogen-bond donors (Lipinski definition) is 1. The fourth-order valence-electron chi connectivity index (χ4n) is 2.33. The molecule has 0 saturated carbocycles. The lowest BCUT2D eigenvalue weighted by Crippen LogP contribution is -2.19. The van der Waals surface area contributed by atoms with Crippen molar-refractivity contribution in [1.82, 2.24) is 9.55 Å². The highest BCUT2D eigenvalue weighted by Crippen LogP contribution is 2.23. The van der Waals surface area contributed by atoms with E-state index in [0.29, 0.717) is 5.75 Å². The first-order valence-corrected chi connectivity index (χ1v) is 7.00. The summed E-state index contributed by atoms with van der Waals surface area (Å²) < 4.78 is 7.29. The first-order valence-electron chi connectivity index (χ1n) is 7.00. The number of nitrogens with zero attached hydrogens (tertiary/aromatic N) is 2. The van der Waals surface area contributed by atoms with E-state index in [0.717, 1.165) is 16.7 Å². The van der Waals surface area contributed by atoms with Gasteiger partial charge in [-0.25, -0.2) is 4.98 Å². The van der Waals surface area contributed by atoms with Gasteiger partial charge in [-0.15, -0.1) is 0 Å². The van der Waals surface area contributed by atoms with Crippen LogP contribution in [0, 0.1) is 13.8 Å². The van der Waals surface area contributed by atoms with Crippen LogP contribution in [0.2, 0.25) is 0 Å². The molecule has 22 heavy (non-hydrogen) atoms. The predicted molar refractivity (Wildman–Crippen MR) is 85.2 cm³/mol. The zero-order valence-corrected chi connectivity index (χ0v) is 12.5. The van der Waals surface area contributed by atoms with Crippen LogP contribution in [0.15, 0.2) is 42.7 Å². The molecule has 1 heterocycles. The number of amides is 1. The molecule has 2 aromatic carbocycles. The van der Waals surface area contributed by atoms with Crippen LogP contribution in [0.4, 0.5) is 0 Å². The van der Waals surface area contributed by atoms with E-state index in [-0.39, 0.29) is 6.61 Å². The van der Waals surface area contributed by atoms with Crippen LogP contribution in [0.1, 0.15) is 11.1 Å². The molecule has 0 radical (unpaired) electrons. The van der Waals surface area contributed by atoms with Gasteiger partial charge in [0.15, 0.2) is 6.61 Å². The number of aryl methyl sites for hydroxylation is 2. The minimum Gasteiger partial charge on any atom is -0.484 e. The molecule has 1 aromatic heterocycles. The highest BCUT2D eigenvalue weighted by atomic mass is 16.5. The second kappa shape index (κ2) is 5.52. The van der Waals surface area contributed by atoms with Crippen molar-refractivity contribution >= 4 is 16.9 Å². The van der Waals surface area contributed by atoms with Crippen LogP contribution >= 0.6 is 0 Å². The van der Waals surface area contributed by atoms with E-state index in [1.807, 2.05) is 35.2 Å². The molecule has 5 heteroatoms. The van der Waals surface area contributed by atoms with Crippen molar-refractivity contribution in [2.75, 3.05) is 6.61 Å². The third-order valence-electron chi connectivity index (χ3n) is 3.66. The molecule has 0 fully saturated rings. The highest BCUT2D eigenvalue weighted by Gasteiger charge is 2.07. The standard InChI is InChI=1S/C17H17N3O2/c1-11-7-15-16(8-12(11)2)20(10-19-15)13-3-5-14(6-4-13)22-9-17(18)21/h3-8,10H,9H2,1-2H3,(H2,18,21). The third kappa shape index (κ3) is 2.65. The Kier molecular flexibility index (Phi) is 3.55. The van der Waals surface area contributed by atoms with Gasteiger partial charge in [0.05, 0.1) is 11.0 Å². The fourth-order valence-corrected chi connectivity index (χ4v) is 2.33. The normalized spacial score (nSPS) is 10.8. The van der Waals surface area contributed by atoms with Crippen molar-refractivity contribution in [2.45, 2.75) is 13.8 Å². The van der Waals surface area contributed by atoms with Gasteiger partial charge in [0.2, 0.25) is 0 Å². The molecule has 1 amide bonds. The number of fused-ring (bicyclic) bond motifs is 1. The number of rotatable bonds is 4. The highest BCUT2D eigenvalue weighted by molar-refractivity contribution is 5.79. The van der Waals surface area contributed by atoms with Crippen molar-refractivity contribution < 1.29 is 9.53 Å². The molecule has 0 bridgehead atoms. The van der Waals surface area contributed by atoms with E-state index in [4.69, 9.17) is 10.5 Å². The van der Waals surface area contributed by atoms with Crippen LogP contribution in [0.3, 0.4) is 0 Å². The SMILES string of the molecule is Cc1cc2ncn(-c3ccc(OCC(N)=O)cc3)c2cc1C. The van der Waals surface area contributed by atoms with Crippen LogP contribution in [0.5, 0.6) is 5.75 Å². The summed E-state index contributed by atoms with van der Waals surface area (Å²) in [6, 6.07) is 11.7.